The minimum Gasteiger partial charge on any atom is -0.376 e. The topological polar surface area (TPSA) is 77.3 Å². The van der Waals surface area contributed by atoms with Crippen LogP contribution in [0.2, 0.25) is 0 Å². The molecular formula is C14H15N3O3. The zero-order chi connectivity index (χ0) is 13.9. The summed E-state index contributed by atoms with van der Waals surface area (Å²) in [4.78, 5) is 14.8. The molecule has 0 bridgehead atoms. The number of nitro groups is 1. The SMILES string of the molecule is O=[N+]([O-])c1ccc2nc(NCC3CCCO3)ccc2c1. The van der Waals surface area contributed by atoms with Crippen LogP contribution in [0.25, 0.3) is 10.9 Å². The fourth-order valence-corrected chi connectivity index (χ4v) is 2.35. The quantitative estimate of drug-likeness (QED) is 0.684. The fourth-order valence-electron chi connectivity index (χ4n) is 2.35. The minimum absolute atomic E-state index is 0.0827. The smallest absolute Gasteiger partial charge is 0.270 e. The number of nitrogens with zero attached hydrogens (tertiary/aromatic N) is 2. The Morgan fingerprint density at radius 2 is 2.30 bits per heavy atom. The third-order valence-corrected chi connectivity index (χ3v) is 3.42. The van der Waals surface area contributed by atoms with Crippen molar-refractivity contribution in [3.63, 3.8) is 0 Å². The number of fused-ring (bicyclic) bond motifs is 1. The van der Waals surface area contributed by atoms with Crippen LogP contribution >= 0.6 is 0 Å². The van der Waals surface area contributed by atoms with E-state index in [2.05, 4.69) is 10.3 Å². The maximum Gasteiger partial charge on any atom is 0.270 e. The lowest BCUT2D eigenvalue weighted by atomic mass is 10.2. The summed E-state index contributed by atoms with van der Waals surface area (Å²) < 4.78 is 5.54. The lowest BCUT2D eigenvalue weighted by molar-refractivity contribution is -0.384. The van der Waals surface area contributed by atoms with Gasteiger partial charge >= 0.3 is 0 Å². The molecule has 1 fully saturated rings. The highest BCUT2D eigenvalue weighted by atomic mass is 16.6. The van der Waals surface area contributed by atoms with Crippen molar-refractivity contribution in [2.45, 2.75) is 18.9 Å². The molecule has 0 amide bonds. The average Bonchev–Trinajstić information content (AvgIpc) is 2.97. The number of non-ortho nitro benzene ring substituents is 1. The van der Waals surface area contributed by atoms with Crippen LogP contribution in [0.4, 0.5) is 11.5 Å². The first-order valence-corrected chi connectivity index (χ1v) is 6.63. The number of benzene rings is 1. The van der Waals surface area contributed by atoms with E-state index >= 15 is 0 Å². The van der Waals surface area contributed by atoms with Gasteiger partial charge in [0.15, 0.2) is 0 Å². The van der Waals surface area contributed by atoms with Crippen molar-refractivity contribution in [1.82, 2.24) is 4.98 Å². The molecule has 2 aromatic rings. The monoisotopic (exact) mass is 273 g/mol. The molecule has 1 aliphatic heterocycles. The maximum absolute atomic E-state index is 10.7. The van der Waals surface area contributed by atoms with Crippen molar-refractivity contribution >= 4 is 22.4 Å². The van der Waals surface area contributed by atoms with E-state index in [9.17, 15) is 10.1 Å². The summed E-state index contributed by atoms with van der Waals surface area (Å²) in [6, 6.07) is 8.35. The van der Waals surface area contributed by atoms with Crippen LogP contribution < -0.4 is 5.32 Å². The number of hydrogen-bond donors (Lipinski definition) is 1. The first-order valence-electron chi connectivity index (χ1n) is 6.63. The molecule has 6 heteroatoms. The number of pyridine rings is 1. The summed E-state index contributed by atoms with van der Waals surface area (Å²) in [7, 11) is 0. The van der Waals surface area contributed by atoms with E-state index in [0.717, 1.165) is 42.7 Å². The van der Waals surface area contributed by atoms with Gasteiger partial charge in [0.1, 0.15) is 5.82 Å². The lowest BCUT2D eigenvalue weighted by Gasteiger charge is -2.11. The third-order valence-electron chi connectivity index (χ3n) is 3.42. The zero-order valence-corrected chi connectivity index (χ0v) is 10.9. The number of hydrogen-bond acceptors (Lipinski definition) is 5. The molecule has 1 atom stereocenters. The Bertz CT molecular complexity index is 639. The van der Waals surface area contributed by atoms with Crippen LogP contribution in [0.1, 0.15) is 12.8 Å². The van der Waals surface area contributed by atoms with Crippen molar-refractivity contribution in [3.05, 3.63) is 40.4 Å². The number of rotatable bonds is 4. The molecule has 1 N–H and O–H groups in total. The molecule has 1 aromatic carbocycles. The number of anilines is 1. The van der Waals surface area contributed by atoms with E-state index in [1.54, 1.807) is 6.07 Å². The zero-order valence-electron chi connectivity index (χ0n) is 10.9. The Morgan fingerprint density at radius 1 is 1.40 bits per heavy atom. The summed E-state index contributed by atoms with van der Waals surface area (Å²) in [6.45, 7) is 1.58. The van der Waals surface area contributed by atoms with Crippen LogP contribution in [-0.4, -0.2) is 29.2 Å². The Balaban J connectivity index is 1.76. The Kier molecular flexibility index (Phi) is 3.47. The molecule has 0 saturated carbocycles. The highest BCUT2D eigenvalue weighted by Crippen LogP contribution is 2.21. The summed E-state index contributed by atoms with van der Waals surface area (Å²) in [5.41, 5.74) is 0.826. The molecule has 1 aromatic heterocycles. The minimum atomic E-state index is -0.400. The third kappa shape index (κ3) is 2.70. The molecule has 20 heavy (non-hydrogen) atoms. The van der Waals surface area contributed by atoms with E-state index in [1.807, 2.05) is 12.1 Å². The highest BCUT2D eigenvalue weighted by molar-refractivity contribution is 5.82. The molecule has 0 aliphatic carbocycles. The highest BCUT2D eigenvalue weighted by Gasteiger charge is 2.15. The number of nitro benzene ring substituents is 1. The van der Waals surface area contributed by atoms with Crippen LogP contribution in [0.5, 0.6) is 0 Å². The van der Waals surface area contributed by atoms with Gasteiger partial charge in [0.25, 0.3) is 5.69 Å². The first-order chi connectivity index (χ1) is 9.72. The Hall–Kier alpha value is -2.21. The molecule has 0 radical (unpaired) electrons. The molecule has 1 unspecified atom stereocenters. The van der Waals surface area contributed by atoms with Crippen molar-refractivity contribution in [3.8, 4) is 0 Å². The lowest BCUT2D eigenvalue weighted by Crippen LogP contribution is -2.18. The van der Waals surface area contributed by atoms with Crippen molar-refractivity contribution in [1.29, 1.82) is 0 Å². The Morgan fingerprint density at radius 3 is 3.05 bits per heavy atom. The second-order valence-corrected chi connectivity index (χ2v) is 4.85. The Labute approximate surface area is 115 Å². The standard InChI is InChI=1S/C14H15N3O3/c18-17(19)11-4-5-13-10(8-11)3-6-14(16-13)15-9-12-2-1-7-20-12/h3-6,8,12H,1-2,7,9H2,(H,15,16). The maximum atomic E-state index is 10.7. The molecule has 2 heterocycles. The molecule has 104 valence electrons. The number of aromatic nitrogens is 1. The molecular weight excluding hydrogens is 258 g/mol. The van der Waals surface area contributed by atoms with Gasteiger partial charge < -0.3 is 10.1 Å². The number of nitrogens with one attached hydrogen (secondary N) is 1. The first kappa shape index (κ1) is 12.8. The average molecular weight is 273 g/mol. The van der Waals surface area contributed by atoms with Gasteiger partial charge in [-0.15, -0.1) is 0 Å². The summed E-state index contributed by atoms with van der Waals surface area (Å²) in [5, 5.41) is 14.7. The second kappa shape index (κ2) is 5.42. The van der Waals surface area contributed by atoms with Gasteiger partial charge in [0.2, 0.25) is 0 Å². The molecule has 1 aliphatic rings. The molecule has 6 nitrogen and oxygen atoms in total. The van der Waals surface area contributed by atoms with Gasteiger partial charge in [-0.3, -0.25) is 10.1 Å². The predicted octanol–water partition coefficient (Wildman–Crippen LogP) is 2.73. The summed E-state index contributed by atoms with van der Waals surface area (Å²) >= 11 is 0. The fraction of sp³-hybridized carbons (Fsp3) is 0.357. The van der Waals surface area contributed by atoms with Gasteiger partial charge in [0.05, 0.1) is 16.5 Å². The van der Waals surface area contributed by atoms with Crippen molar-refractivity contribution < 1.29 is 9.66 Å². The number of ether oxygens (including phenoxy) is 1. The molecule has 0 spiro atoms. The van der Waals surface area contributed by atoms with E-state index in [4.69, 9.17) is 4.74 Å². The molecule has 1 saturated heterocycles. The van der Waals surface area contributed by atoms with E-state index < -0.39 is 4.92 Å². The van der Waals surface area contributed by atoms with Crippen molar-refractivity contribution in [2.24, 2.45) is 0 Å². The van der Waals surface area contributed by atoms with Crippen molar-refractivity contribution in [2.75, 3.05) is 18.5 Å². The van der Waals surface area contributed by atoms with Crippen LogP contribution in [0, 0.1) is 10.1 Å². The molecule has 3 rings (SSSR count). The normalized spacial score (nSPS) is 18.3. The summed E-state index contributed by atoms with van der Waals surface area (Å²) in [5.74, 6) is 0.766. The van der Waals surface area contributed by atoms with Gasteiger partial charge in [-0.05, 0) is 31.0 Å². The van der Waals surface area contributed by atoms with Crippen LogP contribution in [0.3, 0.4) is 0 Å². The summed E-state index contributed by atoms with van der Waals surface area (Å²) in [6.07, 6.45) is 2.44. The second-order valence-electron chi connectivity index (χ2n) is 4.85. The van der Waals surface area contributed by atoms with E-state index in [-0.39, 0.29) is 11.8 Å². The van der Waals surface area contributed by atoms with Gasteiger partial charge in [0, 0.05) is 30.7 Å². The van der Waals surface area contributed by atoms with E-state index in [0.29, 0.717) is 0 Å². The van der Waals surface area contributed by atoms with E-state index in [1.165, 1.54) is 12.1 Å². The van der Waals surface area contributed by atoms with Gasteiger partial charge in [-0.2, -0.15) is 0 Å². The van der Waals surface area contributed by atoms with Crippen LogP contribution in [0.15, 0.2) is 30.3 Å². The predicted molar refractivity (Wildman–Crippen MR) is 75.9 cm³/mol. The largest absolute Gasteiger partial charge is 0.376 e. The van der Waals surface area contributed by atoms with Gasteiger partial charge in [-0.25, -0.2) is 4.98 Å². The van der Waals surface area contributed by atoms with Gasteiger partial charge in [-0.1, -0.05) is 0 Å². The van der Waals surface area contributed by atoms with Crippen LogP contribution in [-0.2, 0) is 4.74 Å².